The highest BCUT2D eigenvalue weighted by Crippen LogP contribution is 2.30. The van der Waals surface area contributed by atoms with Crippen molar-refractivity contribution in [1.82, 2.24) is 9.55 Å². The molecule has 0 fully saturated rings. The SMILES string of the molecule is Cc1c(C(=O)C(=O)Nc2ccncc2)c2cc(Cl)ccc2n1Cc1ccc(Cl)cc1. The van der Waals surface area contributed by atoms with Crippen molar-refractivity contribution in [2.75, 3.05) is 5.32 Å². The number of hydrogen-bond acceptors (Lipinski definition) is 3. The van der Waals surface area contributed by atoms with E-state index in [9.17, 15) is 9.59 Å². The molecule has 0 aliphatic carbocycles. The fraction of sp³-hybridized carbons (Fsp3) is 0.0870. The summed E-state index contributed by atoms with van der Waals surface area (Å²) in [7, 11) is 0. The van der Waals surface area contributed by atoms with Crippen LogP contribution >= 0.6 is 23.2 Å². The number of Topliss-reactive ketones (excluding diaryl/α,β-unsaturated/α-hetero) is 1. The molecule has 5 nitrogen and oxygen atoms in total. The number of halogens is 2. The lowest BCUT2D eigenvalue weighted by Gasteiger charge is -2.09. The Morgan fingerprint density at radius 1 is 0.967 bits per heavy atom. The largest absolute Gasteiger partial charge is 0.340 e. The maximum absolute atomic E-state index is 13.1. The average molecular weight is 438 g/mol. The summed E-state index contributed by atoms with van der Waals surface area (Å²) in [6.45, 7) is 2.36. The van der Waals surface area contributed by atoms with Crippen molar-refractivity contribution in [3.05, 3.63) is 93.9 Å². The maximum atomic E-state index is 13.1. The number of rotatable bonds is 5. The highest BCUT2D eigenvalue weighted by molar-refractivity contribution is 6.49. The van der Waals surface area contributed by atoms with Crippen molar-refractivity contribution in [3.63, 3.8) is 0 Å². The molecular formula is C23H17Cl2N3O2. The second kappa shape index (κ2) is 8.30. The molecule has 2 aromatic carbocycles. The molecule has 0 saturated carbocycles. The molecule has 0 atom stereocenters. The van der Waals surface area contributed by atoms with Gasteiger partial charge in [-0.25, -0.2) is 0 Å². The lowest BCUT2D eigenvalue weighted by Crippen LogP contribution is -2.23. The number of nitrogens with zero attached hydrogens (tertiary/aromatic N) is 2. The van der Waals surface area contributed by atoms with E-state index >= 15 is 0 Å². The zero-order valence-electron chi connectivity index (χ0n) is 16.0. The van der Waals surface area contributed by atoms with Gasteiger partial charge in [0.05, 0.1) is 5.56 Å². The maximum Gasteiger partial charge on any atom is 0.296 e. The number of hydrogen-bond donors (Lipinski definition) is 1. The number of carbonyl (C=O) groups is 2. The monoisotopic (exact) mass is 437 g/mol. The van der Waals surface area contributed by atoms with Gasteiger partial charge in [0.15, 0.2) is 0 Å². The molecule has 0 unspecified atom stereocenters. The summed E-state index contributed by atoms with van der Waals surface area (Å²) < 4.78 is 2.00. The van der Waals surface area contributed by atoms with E-state index in [1.165, 1.54) is 0 Å². The number of ketones is 1. The highest BCUT2D eigenvalue weighted by atomic mass is 35.5. The van der Waals surface area contributed by atoms with Gasteiger partial charge in [-0.15, -0.1) is 0 Å². The Balaban J connectivity index is 1.76. The Morgan fingerprint density at radius 3 is 2.33 bits per heavy atom. The molecule has 2 aromatic heterocycles. The van der Waals surface area contributed by atoms with Gasteiger partial charge in [0.2, 0.25) is 0 Å². The number of fused-ring (bicyclic) bond motifs is 1. The summed E-state index contributed by atoms with van der Waals surface area (Å²) in [5, 5.41) is 4.42. The van der Waals surface area contributed by atoms with Gasteiger partial charge in [-0.3, -0.25) is 14.6 Å². The molecule has 7 heteroatoms. The first kappa shape index (κ1) is 20.1. The van der Waals surface area contributed by atoms with Gasteiger partial charge in [-0.2, -0.15) is 0 Å². The zero-order valence-corrected chi connectivity index (χ0v) is 17.5. The first-order valence-electron chi connectivity index (χ1n) is 9.22. The molecule has 0 spiro atoms. The predicted molar refractivity (Wildman–Crippen MR) is 119 cm³/mol. The van der Waals surface area contributed by atoms with Crippen LogP contribution in [-0.2, 0) is 11.3 Å². The third kappa shape index (κ3) is 3.95. The summed E-state index contributed by atoms with van der Waals surface area (Å²) in [5.41, 5.74) is 3.38. The highest BCUT2D eigenvalue weighted by Gasteiger charge is 2.25. The number of nitrogens with one attached hydrogen (secondary N) is 1. The molecular weight excluding hydrogens is 421 g/mol. The molecule has 150 valence electrons. The number of amides is 1. The van der Waals surface area contributed by atoms with Gasteiger partial charge in [-0.1, -0.05) is 35.3 Å². The molecule has 2 heterocycles. The molecule has 1 N–H and O–H groups in total. The van der Waals surface area contributed by atoms with Crippen LogP contribution in [0.1, 0.15) is 21.6 Å². The second-order valence-electron chi connectivity index (χ2n) is 6.85. The number of anilines is 1. The summed E-state index contributed by atoms with van der Waals surface area (Å²) in [4.78, 5) is 29.7. The van der Waals surface area contributed by atoms with Crippen molar-refractivity contribution in [2.45, 2.75) is 13.5 Å². The minimum atomic E-state index is -0.713. The van der Waals surface area contributed by atoms with Gasteiger partial charge < -0.3 is 9.88 Å². The van der Waals surface area contributed by atoms with E-state index < -0.39 is 11.7 Å². The van der Waals surface area contributed by atoms with E-state index in [4.69, 9.17) is 23.2 Å². The van der Waals surface area contributed by atoms with Crippen molar-refractivity contribution >= 4 is 51.5 Å². The Hall–Kier alpha value is -3.15. The van der Waals surface area contributed by atoms with Crippen LogP contribution in [0.2, 0.25) is 10.0 Å². The molecule has 0 saturated heterocycles. The summed E-state index contributed by atoms with van der Waals surface area (Å²) in [6, 6.07) is 16.1. The van der Waals surface area contributed by atoms with Gasteiger partial charge in [0.1, 0.15) is 0 Å². The second-order valence-corrected chi connectivity index (χ2v) is 7.73. The number of pyridine rings is 1. The van der Waals surface area contributed by atoms with E-state index in [-0.39, 0.29) is 0 Å². The lowest BCUT2D eigenvalue weighted by molar-refractivity contribution is -0.112. The molecule has 0 aliphatic heterocycles. The van der Waals surface area contributed by atoms with Crippen molar-refractivity contribution in [2.24, 2.45) is 0 Å². The average Bonchev–Trinajstić information content (AvgIpc) is 3.00. The van der Waals surface area contributed by atoms with Crippen LogP contribution in [-0.4, -0.2) is 21.2 Å². The predicted octanol–water partition coefficient (Wildman–Crippen LogP) is 5.52. The van der Waals surface area contributed by atoms with Crippen LogP contribution in [0.5, 0.6) is 0 Å². The molecule has 4 aromatic rings. The van der Waals surface area contributed by atoms with Crippen LogP contribution in [0.15, 0.2) is 67.0 Å². The smallest absolute Gasteiger partial charge is 0.296 e. The summed E-state index contributed by atoms with van der Waals surface area (Å²) in [5.74, 6) is -1.33. The Bertz CT molecular complexity index is 1250. The number of benzene rings is 2. The normalized spacial score (nSPS) is 10.9. The minimum absolute atomic E-state index is 0.341. The van der Waals surface area contributed by atoms with Crippen LogP contribution < -0.4 is 5.32 Å². The summed E-state index contributed by atoms with van der Waals surface area (Å²) >= 11 is 12.2. The number of aromatic nitrogens is 2. The first-order valence-corrected chi connectivity index (χ1v) is 9.98. The fourth-order valence-electron chi connectivity index (χ4n) is 3.45. The third-order valence-corrected chi connectivity index (χ3v) is 5.40. The van der Waals surface area contributed by atoms with E-state index in [0.29, 0.717) is 38.9 Å². The van der Waals surface area contributed by atoms with E-state index in [2.05, 4.69) is 10.3 Å². The van der Waals surface area contributed by atoms with Crippen molar-refractivity contribution in [1.29, 1.82) is 0 Å². The minimum Gasteiger partial charge on any atom is -0.340 e. The quantitative estimate of drug-likeness (QED) is 0.330. The van der Waals surface area contributed by atoms with Gasteiger partial charge >= 0.3 is 0 Å². The van der Waals surface area contributed by atoms with Crippen molar-refractivity contribution in [3.8, 4) is 0 Å². The van der Waals surface area contributed by atoms with Crippen molar-refractivity contribution < 1.29 is 9.59 Å². The third-order valence-electron chi connectivity index (χ3n) is 4.91. The Kier molecular flexibility index (Phi) is 5.57. The van der Waals surface area contributed by atoms with Crippen LogP contribution in [0.25, 0.3) is 10.9 Å². The van der Waals surface area contributed by atoms with Crippen LogP contribution in [0.4, 0.5) is 5.69 Å². The molecule has 1 amide bonds. The Labute approximate surface area is 183 Å². The Morgan fingerprint density at radius 2 is 1.63 bits per heavy atom. The first-order chi connectivity index (χ1) is 14.4. The number of carbonyl (C=O) groups excluding carboxylic acids is 2. The fourth-order valence-corrected chi connectivity index (χ4v) is 3.75. The molecule has 0 bridgehead atoms. The zero-order chi connectivity index (χ0) is 21.3. The van der Waals surface area contributed by atoms with Gasteiger partial charge in [-0.05, 0) is 55.0 Å². The van der Waals surface area contributed by atoms with Crippen LogP contribution in [0, 0.1) is 6.92 Å². The molecule has 4 rings (SSSR count). The van der Waals surface area contributed by atoms with Gasteiger partial charge in [0.25, 0.3) is 11.7 Å². The lowest BCUT2D eigenvalue weighted by atomic mass is 10.1. The van der Waals surface area contributed by atoms with Crippen LogP contribution in [0.3, 0.4) is 0 Å². The molecule has 0 radical (unpaired) electrons. The van der Waals surface area contributed by atoms with E-state index in [1.54, 1.807) is 36.7 Å². The molecule has 30 heavy (non-hydrogen) atoms. The van der Waals surface area contributed by atoms with E-state index in [0.717, 1.165) is 11.1 Å². The topological polar surface area (TPSA) is 64.0 Å². The summed E-state index contributed by atoms with van der Waals surface area (Å²) in [6.07, 6.45) is 3.09. The standard InChI is InChI=1S/C23H17Cl2N3O2/c1-14-21(22(29)23(30)27-18-8-10-26-11-9-18)19-12-17(25)6-7-20(19)28(14)13-15-2-4-16(24)5-3-15/h2-12H,13H2,1H3,(H,26,27,30). The molecule has 0 aliphatic rings. The van der Waals surface area contributed by atoms with Gasteiger partial charge in [0, 0.05) is 51.3 Å². The van der Waals surface area contributed by atoms with E-state index in [1.807, 2.05) is 41.8 Å².